The molecule has 0 spiro atoms. The van der Waals surface area contributed by atoms with Gasteiger partial charge in [0.15, 0.2) is 11.6 Å². The number of fused-ring (bicyclic) bond motifs is 1. The van der Waals surface area contributed by atoms with E-state index in [1.165, 1.54) is 34.2 Å². The minimum atomic E-state index is -0.795. The van der Waals surface area contributed by atoms with Crippen LogP contribution in [0.1, 0.15) is 34.6 Å². The molecule has 1 fully saturated rings. The lowest BCUT2D eigenvalue weighted by molar-refractivity contribution is 0.292. The Kier molecular flexibility index (Phi) is 6.44. The maximum atomic E-state index is 13.5. The average molecular weight is 456 g/mol. The van der Waals surface area contributed by atoms with Gasteiger partial charge in [-0.2, -0.15) is 0 Å². The van der Waals surface area contributed by atoms with E-state index in [9.17, 15) is 8.78 Å². The van der Waals surface area contributed by atoms with Crippen molar-refractivity contribution in [1.82, 2.24) is 15.2 Å². The number of aromatic nitrogens is 1. The summed E-state index contributed by atoms with van der Waals surface area (Å²) in [6.07, 6.45) is 8.65. The van der Waals surface area contributed by atoms with E-state index in [0.717, 1.165) is 37.1 Å². The molecule has 0 unspecified atom stereocenters. The molecule has 0 aliphatic heterocycles. The Bertz CT molecular complexity index is 1320. The predicted molar refractivity (Wildman–Crippen MR) is 132 cm³/mol. The molecule has 0 radical (unpaired) electrons. The van der Waals surface area contributed by atoms with E-state index >= 15 is 0 Å². The van der Waals surface area contributed by atoms with E-state index in [2.05, 4.69) is 69.8 Å². The molecule has 1 saturated carbocycles. The van der Waals surface area contributed by atoms with E-state index in [-0.39, 0.29) is 5.92 Å². The van der Waals surface area contributed by atoms with Crippen molar-refractivity contribution in [3.8, 4) is 12.3 Å². The number of hydrogen-bond donors (Lipinski definition) is 2. The number of H-pyrrole nitrogens is 1. The van der Waals surface area contributed by atoms with Crippen LogP contribution in [0.3, 0.4) is 0 Å². The molecule has 2 atom stereocenters. The number of halogens is 2. The van der Waals surface area contributed by atoms with Crippen LogP contribution in [0.5, 0.6) is 0 Å². The molecule has 3 aromatic carbocycles. The summed E-state index contributed by atoms with van der Waals surface area (Å²) in [5.41, 5.74) is 5.64. The van der Waals surface area contributed by atoms with Crippen LogP contribution in [-0.2, 0) is 19.6 Å². The van der Waals surface area contributed by atoms with Gasteiger partial charge in [-0.1, -0.05) is 54.5 Å². The van der Waals surface area contributed by atoms with Crippen LogP contribution in [0.25, 0.3) is 10.9 Å². The van der Waals surface area contributed by atoms with E-state index in [0.29, 0.717) is 12.6 Å². The maximum absolute atomic E-state index is 13.5. The van der Waals surface area contributed by atoms with Crippen LogP contribution in [0.4, 0.5) is 8.78 Å². The third-order valence-corrected chi connectivity index (χ3v) is 6.54. The quantitative estimate of drug-likeness (QED) is 0.316. The molecule has 0 bridgehead atoms. The summed E-state index contributed by atoms with van der Waals surface area (Å²) in [5.74, 6) is 1.46. The number of aromatic amines is 1. The van der Waals surface area contributed by atoms with Crippen molar-refractivity contribution in [3.05, 3.63) is 107 Å². The van der Waals surface area contributed by atoms with Gasteiger partial charge in [-0.15, -0.1) is 6.42 Å². The molecular weight excluding hydrogens is 428 g/mol. The van der Waals surface area contributed by atoms with E-state index in [1.807, 2.05) is 6.07 Å². The first-order chi connectivity index (χ1) is 16.6. The first kappa shape index (κ1) is 22.3. The summed E-state index contributed by atoms with van der Waals surface area (Å²) in [5, 5.41) is 4.76. The molecule has 1 heterocycles. The maximum Gasteiger partial charge on any atom is 0.159 e. The topological polar surface area (TPSA) is 31.1 Å². The normalized spacial score (nSPS) is 17.2. The molecule has 3 nitrogen and oxygen atoms in total. The highest BCUT2D eigenvalue weighted by Gasteiger charge is 2.38. The third kappa shape index (κ3) is 5.04. The summed E-state index contributed by atoms with van der Waals surface area (Å²) in [4.78, 5) is 5.60. The first-order valence-corrected chi connectivity index (χ1v) is 11.6. The number of nitrogens with zero attached hydrogens (tertiary/aromatic N) is 1. The fourth-order valence-electron chi connectivity index (χ4n) is 4.60. The second-order valence-electron chi connectivity index (χ2n) is 9.03. The zero-order valence-corrected chi connectivity index (χ0v) is 18.9. The Morgan fingerprint density at radius 2 is 1.76 bits per heavy atom. The Morgan fingerprint density at radius 1 is 0.971 bits per heavy atom. The molecule has 34 heavy (non-hydrogen) atoms. The SMILES string of the molecule is C#CCN(Cc1ccc(CN[C@@H]2C[C@H]2c2ccc(F)c(F)c2)cc1)Cc1c[nH]c2ccccc12. The van der Waals surface area contributed by atoms with Crippen molar-refractivity contribution in [1.29, 1.82) is 0 Å². The smallest absolute Gasteiger partial charge is 0.159 e. The molecule has 1 aliphatic carbocycles. The van der Waals surface area contributed by atoms with Gasteiger partial charge < -0.3 is 10.3 Å². The molecule has 0 amide bonds. The number of para-hydroxylation sites is 1. The summed E-state index contributed by atoms with van der Waals surface area (Å²) < 4.78 is 26.6. The lowest BCUT2D eigenvalue weighted by atomic mass is 10.1. The molecule has 4 aromatic rings. The van der Waals surface area contributed by atoms with Crippen molar-refractivity contribution in [3.63, 3.8) is 0 Å². The van der Waals surface area contributed by atoms with Gasteiger partial charge in [-0.3, -0.25) is 4.90 Å². The second-order valence-corrected chi connectivity index (χ2v) is 9.03. The number of nitrogens with one attached hydrogen (secondary N) is 2. The summed E-state index contributed by atoms with van der Waals surface area (Å²) in [7, 11) is 0. The fraction of sp³-hybridized carbons (Fsp3) is 0.241. The largest absolute Gasteiger partial charge is 0.361 e. The van der Waals surface area contributed by atoms with Crippen molar-refractivity contribution in [2.24, 2.45) is 0 Å². The lowest BCUT2D eigenvalue weighted by Gasteiger charge is -2.20. The summed E-state index contributed by atoms with van der Waals surface area (Å²) in [6, 6.07) is 21.4. The highest BCUT2D eigenvalue weighted by molar-refractivity contribution is 5.82. The highest BCUT2D eigenvalue weighted by Crippen LogP contribution is 2.41. The lowest BCUT2D eigenvalue weighted by Crippen LogP contribution is -2.23. The molecule has 5 heteroatoms. The highest BCUT2D eigenvalue weighted by atomic mass is 19.2. The molecule has 1 aliphatic rings. The van der Waals surface area contributed by atoms with Gasteiger partial charge in [0.1, 0.15) is 0 Å². The monoisotopic (exact) mass is 455 g/mol. The van der Waals surface area contributed by atoms with Gasteiger partial charge in [0, 0.05) is 48.7 Å². The number of hydrogen-bond acceptors (Lipinski definition) is 2. The average Bonchev–Trinajstić information content (AvgIpc) is 3.52. The van der Waals surface area contributed by atoms with Crippen LogP contribution in [0, 0.1) is 24.0 Å². The molecular formula is C29H27F2N3. The first-order valence-electron chi connectivity index (χ1n) is 11.6. The van der Waals surface area contributed by atoms with Gasteiger partial charge >= 0.3 is 0 Å². The molecule has 172 valence electrons. The minimum absolute atomic E-state index is 0.246. The predicted octanol–water partition coefficient (Wildman–Crippen LogP) is 5.73. The van der Waals surface area contributed by atoms with Crippen molar-refractivity contribution >= 4 is 10.9 Å². The minimum Gasteiger partial charge on any atom is -0.361 e. The Morgan fingerprint density at radius 3 is 2.56 bits per heavy atom. The standard InChI is InChI=1S/C29H27F2N3/c1-2-13-34(19-23-17-33-28-6-4-3-5-24(23)28)18-21-9-7-20(8-10-21)16-32-29-15-25(29)22-11-12-26(30)27(31)14-22/h1,3-12,14,17,25,29,32-33H,13,15-16,18-19H2/t25-,29+/m0/s1. The van der Waals surface area contributed by atoms with Crippen LogP contribution >= 0.6 is 0 Å². The van der Waals surface area contributed by atoms with Crippen molar-refractivity contribution in [2.75, 3.05) is 6.54 Å². The number of benzene rings is 3. The van der Waals surface area contributed by atoms with E-state index < -0.39 is 11.6 Å². The number of terminal acetylenes is 1. The van der Waals surface area contributed by atoms with Crippen molar-refractivity contribution in [2.45, 2.75) is 38.0 Å². The Hall–Kier alpha value is -3.46. The fourth-order valence-corrected chi connectivity index (χ4v) is 4.60. The summed E-state index contributed by atoms with van der Waals surface area (Å²) in [6.45, 7) is 2.88. The molecule has 1 aromatic heterocycles. The van der Waals surface area contributed by atoms with Gasteiger partial charge in [0.05, 0.1) is 6.54 Å². The molecule has 5 rings (SSSR count). The Labute approximate surface area is 198 Å². The van der Waals surface area contributed by atoms with E-state index in [4.69, 9.17) is 6.42 Å². The van der Waals surface area contributed by atoms with Gasteiger partial charge in [0.25, 0.3) is 0 Å². The Balaban J connectivity index is 1.16. The summed E-state index contributed by atoms with van der Waals surface area (Å²) >= 11 is 0. The van der Waals surface area contributed by atoms with Gasteiger partial charge in [0.2, 0.25) is 0 Å². The van der Waals surface area contributed by atoms with E-state index in [1.54, 1.807) is 6.07 Å². The second kappa shape index (κ2) is 9.80. The number of rotatable bonds is 9. The van der Waals surface area contributed by atoms with Crippen LogP contribution in [0.2, 0.25) is 0 Å². The molecule has 0 saturated heterocycles. The zero-order valence-electron chi connectivity index (χ0n) is 18.9. The molecule has 2 N–H and O–H groups in total. The van der Waals surface area contributed by atoms with Gasteiger partial charge in [-0.05, 0) is 46.9 Å². The van der Waals surface area contributed by atoms with Crippen LogP contribution < -0.4 is 5.32 Å². The van der Waals surface area contributed by atoms with Gasteiger partial charge in [-0.25, -0.2) is 8.78 Å². The zero-order chi connectivity index (χ0) is 23.5. The van der Waals surface area contributed by atoms with Crippen LogP contribution in [-0.4, -0.2) is 22.5 Å². The third-order valence-electron chi connectivity index (χ3n) is 6.54. The van der Waals surface area contributed by atoms with Crippen LogP contribution in [0.15, 0.2) is 72.9 Å². The van der Waals surface area contributed by atoms with Crippen molar-refractivity contribution < 1.29 is 8.78 Å².